The molecule has 1 aromatic rings. The summed E-state index contributed by atoms with van der Waals surface area (Å²) in [5, 5.41) is 0. The first-order valence-corrected chi connectivity index (χ1v) is 7.67. The summed E-state index contributed by atoms with van der Waals surface area (Å²) in [7, 11) is 0. The number of rotatable bonds is 7. The van der Waals surface area contributed by atoms with Crippen LogP contribution in [0.15, 0.2) is 22.7 Å². The average Bonchev–Trinajstić information content (AvgIpc) is 2.37. The molecule has 1 unspecified atom stereocenters. The molecule has 1 aromatic carbocycles. The van der Waals surface area contributed by atoms with Crippen LogP contribution in [0.2, 0.25) is 0 Å². The highest BCUT2D eigenvalue weighted by Gasteiger charge is 2.15. The van der Waals surface area contributed by atoms with Crippen LogP contribution in [-0.4, -0.2) is 5.78 Å². The summed E-state index contributed by atoms with van der Waals surface area (Å²) < 4.78 is 1.02. The Morgan fingerprint density at radius 3 is 2.67 bits per heavy atom. The number of Topliss-reactive ketones (excluding diaryl/α,β-unsaturated/α-hetero) is 1. The van der Waals surface area contributed by atoms with Crippen LogP contribution in [-0.2, 0) is 0 Å². The molecule has 1 nitrogen and oxygen atoms in total. The SMILES string of the molecule is CCCCC(CC)CC(=O)c1cccc(Br)c1C. The smallest absolute Gasteiger partial charge is 0.163 e. The Kier molecular flexibility index (Phi) is 6.62. The van der Waals surface area contributed by atoms with Crippen molar-refractivity contribution in [2.75, 3.05) is 0 Å². The lowest BCUT2D eigenvalue weighted by molar-refractivity contribution is 0.0956. The van der Waals surface area contributed by atoms with E-state index < -0.39 is 0 Å². The average molecular weight is 311 g/mol. The van der Waals surface area contributed by atoms with Crippen molar-refractivity contribution in [2.24, 2.45) is 5.92 Å². The minimum Gasteiger partial charge on any atom is -0.294 e. The number of ketones is 1. The summed E-state index contributed by atoms with van der Waals surface area (Å²) in [5.74, 6) is 0.826. The Hall–Kier alpha value is -0.630. The third-order valence-corrected chi connectivity index (χ3v) is 4.44. The van der Waals surface area contributed by atoms with Gasteiger partial charge in [0.15, 0.2) is 5.78 Å². The summed E-state index contributed by atoms with van der Waals surface area (Å²) in [4.78, 5) is 12.3. The van der Waals surface area contributed by atoms with Crippen LogP contribution in [0.1, 0.15) is 61.9 Å². The van der Waals surface area contributed by atoms with E-state index in [-0.39, 0.29) is 5.78 Å². The Balaban J connectivity index is 2.72. The van der Waals surface area contributed by atoms with E-state index in [0.717, 1.165) is 22.0 Å². The number of unbranched alkanes of at least 4 members (excludes halogenated alkanes) is 1. The first-order chi connectivity index (χ1) is 8.60. The minimum atomic E-state index is 0.289. The van der Waals surface area contributed by atoms with Crippen molar-refractivity contribution in [1.82, 2.24) is 0 Å². The van der Waals surface area contributed by atoms with Gasteiger partial charge in [-0.25, -0.2) is 0 Å². The Morgan fingerprint density at radius 1 is 1.33 bits per heavy atom. The monoisotopic (exact) mass is 310 g/mol. The molecule has 0 aliphatic heterocycles. The number of hydrogen-bond acceptors (Lipinski definition) is 1. The quantitative estimate of drug-likeness (QED) is 0.604. The zero-order valence-electron chi connectivity index (χ0n) is 11.6. The second-order valence-electron chi connectivity index (χ2n) is 4.96. The third-order valence-electron chi connectivity index (χ3n) is 3.59. The predicted octanol–water partition coefficient (Wildman–Crippen LogP) is 5.55. The summed E-state index contributed by atoms with van der Waals surface area (Å²) in [6.07, 6.45) is 5.39. The van der Waals surface area contributed by atoms with E-state index in [9.17, 15) is 4.79 Å². The van der Waals surface area contributed by atoms with Crippen LogP contribution in [0.3, 0.4) is 0 Å². The molecule has 100 valence electrons. The number of halogens is 1. The lowest BCUT2D eigenvalue weighted by Gasteiger charge is -2.14. The molecule has 0 heterocycles. The first-order valence-electron chi connectivity index (χ1n) is 6.88. The number of benzene rings is 1. The topological polar surface area (TPSA) is 17.1 Å². The van der Waals surface area contributed by atoms with Gasteiger partial charge in [0.25, 0.3) is 0 Å². The zero-order valence-corrected chi connectivity index (χ0v) is 13.2. The molecule has 0 aliphatic carbocycles. The molecule has 0 fully saturated rings. The van der Waals surface area contributed by atoms with Crippen molar-refractivity contribution in [2.45, 2.75) is 52.9 Å². The van der Waals surface area contributed by atoms with Crippen molar-refractivity contribution in [3.63, 3.8) is 0 Å². The van der Waals surface area contributed by atoms with Crippen LogP contribution in [0, 0.1) is 12.8 Å². The molecule has 0 N–H and O–H groups in total. The summed E-state index contributed by atoms with van der Waals surface area (Å²) >= 11 is 3.49. The van der Waals surface area contributed by atoms with Crippen molar-refractivity contribution < 1.29 is 4.79 Å². The number of hydrogen-bond donors (Lipinski definition) is 0. The van der Waals surface area contributed by atoms with E-state index in [1.807, 2.05) is 25.1 Å². The second kappa shape index (κ2) is 7.73. The number of carbonyl (C=O) groups excluding carboxylic acids is 1. The van der Waals surface area contributed by atoms with Gasteiger partial charge in [-0.05, 0) is 24.5 Å². The summed E-state index contributed by atoms with van der Waals surface area (Å²) in [5.41, 5.74) is 1.94. The molecule has 1 atom stereocenters. The van der Waals surface area contributed by atoms with Crippen molar-refractivity contribution >= 4 is 21.7 Å². The molecule has 0 spiro atoms. The van der Waals surface area contributed by atoms with E-state index in [4.69, 9.17) is 0 Å². The standard InChI is InChI=1S/C16H23BrO/c1-4-6-8-13(5-2)11-16(18)14-9-7-10-15(17)12(14)3/h7,9-10,13H,4-6,8,11H2,1-3H3. The highest BCUT2D eigenvalue weighted by Crippen LogP contribution is 2.24. The fraction of sp³-hybridized carbons (Fsp3) is 0.562. The molecule has 0 aromatic heterocycles. The minimum absolute atomic E-state index is 0.289. The van der Waals surface area contributed by atoms with Crippen LogP contribution in [0.25, 0.3) is 0 Å². The lowest BCUT2D eigenvalue weighted by Crippen LogP contribution is -2.10. The molecular formula is C16H23BrO. The fourth-order valence-electron chi connectivity index (χ4n) is 2.23. The molecule has 1 rings (SSSR count). The van der Waals surface area contributed by atoms with Crippen molar-refractivity contribution in [1.29, 1.82) is 0 Å². The maximum absolute atomic E-state index is 12.3. The second-order valence-corrected chi connectivity index (χ2v) is 5.81. The van der Waals surface area contributed by atoms with Gasteiger partial charge in [0, 0.05) is 16.5 Å². The Bertz CT molecular complexity index is 398. The van der Waals surface area contributed by atoms with Crippen molar-refractivity contribution in [3.05, 3.63) is 33.8 Å². The molecule has 0 amide bonds. The Morgan fingerprint density at radius 2 is 2.06 bits per heavy atom. The maximum Gasteiger partial charge on any atom is 0.163 e. The maximum atomic E-state index is 12.3. The number of carbonyl (C=O) groups is 1. The van der Waals surface area contributed by atoms with E-state index in [1.54, 1.807) is 0 Å². The fourth-order valence-corrected chi connectivity index (χ4v) is 2.59. The van der Waals surface area contributed by atoms with E-state index in [1.165, 1.54) is 19.3 Å². The van der Waals surface area contributed by atoms with E-state index in [2.05, 4.69) is 29.8 Å². The molecule has 0 saturated heterocycles. The van der Waals surface area contributed by atoms with Crippen molar-refractivity contribution in [3.8, 4) is 0 Å². The van der Waals surface area contributed by atoms with Gasteiger partial charge in [-0.2, -0.15) is 0 Å². The molecule has 2 heteroatoms. The van der Waals surface area contributed by atoms with Gasteiger partial charge in [0.05, 0.1) is 0 Å². The first kappa shape index (κ1) is 15.4. The summed E-state index contributed by atoms with van der Waals surface area (Å²) in [6.45, 7) is 6.39. The molecule has 0 aliphatic rings. The van der Waals surface area contributed by atoms with Gasteiger partial charge in [-0.3, -0.25) is 4.79 Å². The summed E-state index contributed by atoms with van der Waals surface area (Å²) in [6, 6.07) is 5.87. The highest BCUT2D eigenvalue weighted by atomic mass is 79.9. The largest absolute Gasteiger partial charge is 0.294 e. The van der Waals surface area contributed by atoms with Crippen LogP contribution < -0.4 is 0 Å². The predicted molar refractivity (Wildman–Crippen MR) is 81.1 cm³/mol. The van der Waals surface area contributed by atoms with Crippen LogP contribution in [0.4, 0.5) is 0 Å². The van der Waals surface area contributed by atoms with Crippen LogP contribution >= 0.6 is 15.9 Å². The van der Waals surface area contributed by atoms with Gasteiger partial charge >= 0.3 is 0 Å². The van der Waals surface area contributed by atoms with Crippen LogP contribution in [0.5, 0.6) is 0 Å². The lowest BCUT2D eigenvalue weighted by atomic mass is 9.90. The highest BCUT2D eigenvalue weighted by molar-refractivity contribution is 9.10. The van der Waals surface area contributed by atoms with E-state index >= 15 is 0 Å². The van der Waals surface area contributed by atoms with E-state index in [0.29, 0.717) is 12.3 Å². The van der Waals surface area contributed by atoms with Gasteiger partial charge in [-0.1, -0.05) is 67.6 Å². The molecule has 0 radical (unpaired) electrons. The Labute approximate surface area is 119 Å². The van der Waals surface area contributed by atoms with Gasteiger partial charge in [0.1, 0.15) is 0 Å². The zero-order chi connectivity index (χ0) is 13.5. The molecule has 18 heavy (non-hydrogen) atoms. The van der Waals surface area contributed by atoms with Gasteiger partial charge in [0.2, 0.25) is 0 Å². The molecular weight excluding hydrogens is 288 g/mol. The molecule has 0 saturated carbocycles. The van der Waals surface area contributed by atoms with Gasteiger partial charge in [-0.15, -0.1) is 0 Å². The normalized spacial score (nSPS) is 12.4. The third kappa shape index (κ3) is 4.24. The van der Waals surface area contributed by atoms with Gasteiger partial charge < -0.3 is 0 Å². The molecule has 0 bridgehead atoms.